The predicted octanol–water partition coefficient (Wildman–Crippen LogP) is 4.90. The number of rotatable bonds is 5. The van der Waals surface area contributed by atoms with E-state index in [1.807, 2.05) is 35.6 Å². The highest BCUT2D eigenvalue weighted by atomic mass is 127. The van der Waals surface area contributed by atoms with Crippen LogP contribution in [-0.4, -0.2) is 17.6 Å². The second-order valence-electron chi connectivity index (χ2n) is 5.37. The van der Waals surface area contributed by atoms with Gasteiger partial charge in [-0.3, -0.25) is 4.79 Å². The van der Waals surface area contributed by atoms with E-state index in [-0.39, 0.29) is 11.3 Å². The number of nitriles is 1. The van der Waals surface area contributed by atoms with E-state index in [2.05, 4.69) is 5.32 Å². The molecule has 0 spiro atoms. The average Bonchev–Trinajstić information content (AvgIpc) is 2.59. The molecule has 0 saturated carbocycles. The van der Waals surface area contributed by atoms with Crippen LogP contribution in [0.1, 0.15) is 18.1 Å². The molecule has 0 unspecified atom stereocenters. The van der Waals surface area contributed by atoms with Gasteiger partial charge in [0.2, 0.25) is 0 Å². The lowest BCUT2D eigenvalue weighted by Crippen LogP contribution is -2.14. The number of carbonyl (C=O) groups is 1. The van der Waals surface area contributed by atoms with Gasteiger partial charge >= 0.3 is 0 Å². The van der Waals surface area contributed by atoms with Crippen molar-refractivity contribution in [3.8, 4) is 17.6 Å². The highest BCUT2D eigenvalue weighted by molar-refractivity contribution is 14.1. The number of phenols is 1. The lowest BCUT2D eigenvalue weighted by Gasteiger charge is -2.10. The van der Waals surface area contributed by atoms with Gasteiger partial charge in [0.05, 0.1) is 10.2 Å². The molecule has 0 aliphatic carbocycles. The Morgan fingerprint density at radius 3 is 2.77 bits per heavy atom. The summed E-state index contributed by atoms with van der Waals surface area (Å²) in [5.74, 6) is -0.194. The first-order valence-electron chi connectivity index (χ1n) is 7.70. The summed E-state index contributed by atoms with van der Waals surface area (Å²) in [6.07, 6.45) is 1.45. The third-order valence-electron chi connectivity index (χ3n) is 3.46. The fourth-order valence-corrected chi connectivity index (χ4v) is 3.07. The Morgan fingerprint density at radius 2 is 2.15 bits per heavy atom. The van der Waals surface area contributed by atoms with Crippen LogP contribution in [0.5, 0.6) is 11.5 Å². The van der Waals surface area contributed by atoms with Crippen molar-refractivity contribution >= 4 is 51.9 Å². The fraction of sp³-hybridized carbons (Fsp3) is 0.158. The normalized spacial score (nSPS) is 11.0. The number of hydrogen-bond donors (Lipinski definition) is 2. The molecule has 0 aromatic heterocycles. The lowest BCUT2D eigenvalue weighted by atomic mass is 10.1. The van der Waals surface area contributed by atoms with E-state index in [9.17, 15) is 15.2 Å². The van der Waals surface area contributed by atoms with Crippen LogP contribution in [0.25, 0.3) is 6.08 Å². The van der Waals surface area contributed by atoms with Crippen LogP contribution in [-0.2, 0) is 4.79 Å². The van der Waals surface area contributed by atoms with Gasteiger partial charge in [0.15, 0.2) is 11.5 Å². The zero-order chi connectivity index (χ0) is 19.3. The first-order valence-corrected chi connectivity index (χ1v) is 9.16. The number of ether oxygens (including phenoxy) is 1. The number of phenolic OH excluding ortho intramolecular Hbond substituents is 1. The van der Waals surface area contributed by atoms with Crippen LogP contribution in [0, 0.1) is 21.8 Å². The number of hydrogen-bond acceptors (Lipinski definition) is 4. The van der Waals surface area contributed by atoms with E-state index in [1.165, 1.54) is 6.08 Å². The molecule has 0 aliphatic heterocycles. The van der Waals surface area contributed by atoms with Crippen molar-refractivity contribution in [2.24, 2.45) is 0 Å². The maximum atomic E-state index is 12.4. The Kier molecular flexibility index (Phi) is 6.89. The maximum Gasteiger partial charge on any atom is 0.266 e. The smallest absolute Gasteiger partial charge is 0.266 e. The number of nitrogens with zero attached hydrogens (tertiary/aromatic N) is 1. The largest absolute Gasteiger partial charge is 0.504 e. The van der Waals surface area contributed by atoms with Gasteiger partial charge in [0.1, 0.15) is 11.6 Å². The number of carbonyl (C=O) groups excluding carboxylic acids is 1. The Labute approximate surface area is 170 Å². The van der Waals surface area contributed by atoms with Crippen molar-refractivity contribution in [1.82, 2.24) is 0 Å². The second-order valence-corrected chi connectivity index (χ2v) is 6.96. The minimum Gasteiger partial charge on any atom is -0.504 e. The lowest BCUT2D eigenvalue weighted by molar-refractivity contribution is -0.112. The van der Waals surface area contributed by atoms with Crippen LogP contribution >= 0.6 is 34.2 Å². The van der Waals surface area contributed by atoms with Gasteiger partial charge in [0, 0.05) is 10.7 Å². The third-order valence-corrected chi connectivity index (χ3v) is 4.52. The Bertz CT molecular complexity index is 920. The van der Waals surface area contributed by atoms with Crippen LogP contribution < -0.4 is 10.1 Å². The fourth-order valence-electron chi connectivity index (χ4n) is 2.21. The number of amides is 1. The van der Waals surface area contributed by atoms with E-state index in [0.29, 0.717) is 32.2 Å². The van der Waals surface area contributed by atoms with Crippen LogP contribution in [0.4, 0.5) is 5.69 Å². The minimum atomic E-state index is -0.529. The standard InChI is InChI=1S/C19H16ClIN2O3/c1-3-26-17-9-12(8-15(21)18(17)24)7-13(10-22)19(25)23-16-5-4-14(20)6-11(16)2/h4-9,24H,3H2,1-2H3,(H,23,25)/b13-7+. The second kappa shape index (κ2) is 8.92. The van der Waals surface area contributed by atoms with Gasteiger partial charge in [-0.05, 0) is 84.0 Å². The molecular weight excluding hydrogens is 467 g/mol. The van der Waals surface area contributed by atoms with Crippen molar-refractivity contribution in [2.75, 3.05) is 11.9 Å². The molecule has 0 bridgehead atoms. The quantitative estimate of drug-likeness (QED) is 0.361. The van der Waals surface area contributed by atoms with Gasteiger partial charge < -0.3 is 15.2 Å². The first kappa shape index (κ1) is 20.1. The Morgan fingerprint density at radius 1 is 1.42 bits per heavy atom. The van der Waals surface area contributed by atoms with Crippen LogP contribution in [0.2, 0.25) is 5.02 Å². The minimum absolute atomic E-state index is 0.0318. The van der Waals surface area contributed by atoms with Gasteiger partial charge in [-0.25, -0.2) is 0 Å². The van der Waals surface area contributed by atoms with Gasteiger partial charge in [0.25, 0.3) is 5.91 Å². The molecule has 0 saturated heterocycles. The number of anilines is 1. The summed E-state index contributed by atoms with van der Waals surface area (Å²) in [7, 11) is 0. The molecule has 0 radical (unpaired) electrons. The van der Waals surface area contributed by atoms with Crippen molar-refractivity contribution < 1.29 is 14.6 Å². The van der Waals surface area contributed by atoms with E-state index in [1.54, 1.807) is 37.3 Å². The SMILES string of the molecule is CCOc1cc(/C=C(\C#N)C(=O)Nc2ccc(Cl)cc2C)cc(I)c1O. The number of halogens is 2. The Hall–Kier alpha value is -2.24. The van der Waals surface area contributed by atoms with Crippen LogP contribution in [0.15, 0.2) is 35.9 Å². The molecular formula is C19H16ClIN2O3. The zero-order valence-electron chi connectivity index (χ0n) is 14.1. The monoisotopic (exact) mass is 482 g/mol. The topological polar surface area (TPSA) is 82.3 Å². The van der Waals surface area contributed by atoms with Crippen molar-refractivity contribution in [3.63, 3.8) is 0 Å². The molecule has 2 rings (SSSR count). The molecule has 2 aromatic rings. The van der Waals surface area contributed by atoms with Gasteiger partial charge in [-0.1, -0.05) is 11.6 Å². The van der Waals surface area contributed by atoms with E-state index >= 15 is 0 Å². The molecule has 0 heterocycles. The van der Waals surface area contributed by atoms with Gasteiger partial charge in [-0.15, -0.1) is 0 Å². The summed E-state index contributed by atoms with van der Waals surface area (Å²) in [6.45, 7) is 4.00. The summed E-state index contributed by atoms with van der Waals surface area (Å²) in [4.78, 5) is 12.4. The van der Waals surface area contributed by atoms with E-state index in [4.69, 9.17) is 16.3 Å². The summed E-state index contributed by atoms with van der Waals surface area (Å²) in [5, 5.41) is 22.6. The summed E-state index contributed by atoms with van der Waals surface area (Å²) in [5.41, 5.74) is 1.88. The molecule has 0 atom stereocenters. The van der Waals surface area contributed by atoms with Crippen LogP contribution in [0.3, 0.4) is 0 Å². The molecule has 1 amide bonds. The molecule has 0 fully saturated rings. The summed E-state index contributed by atoms with van der Waals surface area (Å²) >= 11 is 7.87. The zero-order valence-corrected chi connectivity index (χ0v) is 17.1. The number of benzene rings is 2. The molecule has 7 heteroatoms. The molecule has 5 nitrogen and oxygen atoms in total. The van der Waals surface area contributed by atoms with Crippen molar-refractivity contribution in [3.05, 3.63) is 55.6 Å². The first-order chi connectivity index (χ1) is 12.3. The van der Waals surface area contributed by atoms with E-state index < -0.39 is 5.91 Å². The Balaban J connectivity index is 2.32. The summed E-state index contributed by atoms with van der Waals surface area (Å²) in [6, 6.07) is 10.2. The van der Waals surface area contributed by atoms with Crippen molar-refractivity contribution in [2.45, 2.75) is 13.8 Å². The molecule has 2 N–H and O–H groups in total. The number of nitrogens with one attached hydrogen (secondary N) is 1. The maximum absolute atomic E-state index is 12.4. The predicted molar refractivity (Wildman–Crippen MR) is 110 cm³/mol. The molecule has 134 valence electrons. The highest BCUT2D eigenvalue weighted by Gasteiger charge is 2.13. The van der Waals surface area contributed by atoms with Gasteiger partial charge in [-0.2, -0.15) is 5.26 Å². The molecule has 2 aromatic carbocycles. The molecule has 26 heavy (non-hydrogen) atoms. The number of aromatic hydroxyl groups is 1. The van der Waals surface area contributed by atoms with Crippen molar-refractivity contribution in [1.29, 1.82) is 5.26 Å². The molecule has 0 aliphatic rings. The third kappa shape index (κ3) is 4.90. The number of aryl methyl sites for hydroxylation is 1. The highest BCUT2D eigenvalue weighted by Crippen LogP contribution is 2.33. The average molecular weight is 483 g/mol. The van der Waals surface area contributed by atoms with E-state index in [0.717, 1.165) is 5.56 Å². The summed E-state index contributed by atoms with van der Waals surface area (Å²) < 4.78 is 5.94.